The van der Waals surface area contributed by atoms with E-state index in [0.29, 0.717) is 17.3 Å². The molecule has 0 aliphatic carbocycles. The second-order valence-electron chi connectivity index (χ2n) is 4.34. The standard InChI is InChI=1S/C15H15ClFN/c1-10-4-3-5-12(11(10)2)9-18-15-8-13(16)6-7-14(15)17/h3-8,18H,9H2,1-2H3. The minimum Gasteiger partial charge on any atom is -0.379 e. The van der Waals surface area contributed by atoms with E-state index < -0.39 is 0 Å². The molecule has 18 heavy (non-hydrogen) atoms. The van der Waals surface area contributed by atoms with E-state index in [0.717, 1.165) is 5.56 Å². The molecule has 0 aliphatic rings. The molecule has 2 aromatic rings. The Morgan fingerprint density at radius 2 is 1.94 bits per heavy atom. The van der Waals surface area contributed by atoms with Gasteiger partial charge in [-0.1, -0.05) is 29.8 Å². The summed E-state index contributed by atoms with van der Waals surface area (Å²) in [5.41, 5.74) is 4.06. The molecule has 0 unspecified atom stereocenters. The van der Waals surface area contributed by atoms with Gasteiger partial charge in [-0.3, -0.25) is 0 Å². The van der Waals surface area contributed by atoms with Crippen molar-refractivity contribution in [2.24, 2.45) is 0 Å². The molecule has 0 aromatic heterocycles. The summed E-state index contributed by atoms with van der Waals surface area (Å²) in [6.45, 7) is 4.73. The van der Waals surface area contributed by atoms with E-state index in [-0.39, 0.29) is 5.82 Å². The molecule has 94 valence electrons. The van der Waals surface area contributed by atoms with Gasteiger partial charge in [0.05, 0.1) is 5.69 Å². The van der Waals surface area contributed by atoms with E-state index in [9.17, 15) is 4.39 Å². The highest BCUT2D eigenvalue weighted by atomic mass is 35.5. The molecule has 0 spiro atoms. The van der Waals surface area contributed by atoms with Crippen LogP contribution in [0.4, 0.5) is 10.1 Å². The normalized spacial score (nSPS) is 10.4. The predicted octanol–water partition coefficient (Wildman–Crippen LogP) is 4.71. The lowest BCUT2D eigenvalue weighted by Gasteiger charge is -2.11. The molecule has 0 saturated carbocycles. The van der Waals surface area contributed by atoms with Crippen molar-refractivity contribution in [1.29, 1.82) is 0 Å². The highest BCUT2D eigenvalue weighted by Crippen LogP contribution is 2.21. The summed E-state index contributed by atoms with van der Waals surface area (Å²) in [4.78, 5) is 0. The van der Waals surface area contributed by atoms with E-state index in [1.807, 2.05) is 12.1 Å². The zero-order valence-corrected chi connectivity index (χ0v) is 11.2. The molecule has 2 aromatic carbocycles. The average Bonchev–Trinajstić information content (AvgIpc) is 2.35. The fraction of sp³-hybridized carbons (Fsp3) is 0.200. The summed E-state index contributed by atoms with van der Waals surface area (Å²) in [6, 6.07) is 10.6. The van der Waals surface area contributed by atoms with Crippen molar-refractivity contribution in [1.82, 2.24) is 0 Å². The van der Waals surface area contributed by atoms with Gasteiger partial charge in [-0.25, -0.2) is 4.39 Å². The molecule has 0 fully saturated rings. The number of hydrogen-bond donors (Lipinski definition) is 1. The second-order valence-corrected chi connectivity index (χ2v) is 4.77. The van der Waals surface area contributed by atoms with Crippen LogP contribution in [0.25, 0.3) is 0 Å². The van der Waals surface area contributed by atoms with Gasteiger partial charge in [0.15, 0.2) is 0 Å². The lowest BCUT2D eigenvalue weighted by Crippen LogP contribution is -2.03. The Labute approximate surface area is 112 Å². The van der Waals surface area contributed by atoms with E-state index in [1.54, 1.807) is 12.1 Å². The SMILES string of the molecule is Cc1cccc(CNc2cc(Cl)ccc2F)c1C. The van der Waals surface area contributed by atoms with Gasteiger partial charge in [-0.2, -0.15) is 0 Å². The van der Waals surface area contributed by atoms with E-state index >= 15 is 0 Å². The molecule has 2 rings (SSSR count). The first-order valence-corrected chi connectivity index (χ1v) is 6.20. The van der Waals surface area contributed by atoms with Gasteiger partial charge in [0.2, 0.25) is 0 Å². The Hall–Kier alpha value is -1.54. The Kier molecular flexibility index (Phi) is 3.87. The van der Waals surface area contributed by atoms with Crippen LogP contribution >= 0.6 is 11.6 Å². The molecular weight excluding hydrogens is 249 g/mol. The molecule has 0 atom stereocenters. The minimum absolute atomic E-state index is 0.287. The van der Waals surface area contributed by atoms with Gasteiger partial charge in [0.25, 0.3) is 0 Å². The maximum absolute atomic E-state index is 13.5. The van der Waals surface area contributed by atoms with E-state index in [2.05, 4.69) is 25.2 Å². The first-order chi connectivity index (χ1) is 8.58. The fourth-order valence-corrected chi connectivity index (χ4v) is 2.00. The zero-order valence-electron chi connectivity index (χ0n) is 10.4. The first kappa shape index (κ1) is 12.9. The summed E-state index contributed by atoms with van der Waals surface area (Å²) in [7, 11) is 0. The number of benzene rings is 2. The highest BCUT2D eigenvalue weighted by molar-refractivity contribution is 6.30. The van der Waals surface area contributed by atoms with E-state index in [1.165, 1.54) is 17.2 Å². The molecule has 0 aliphatic heterocycles. The van der Waals surface area contributed by atoms with Gasteiger partial charge in [0.1, 0.15) is 5.82 Å². The zero-order chi connectivity index (χ0) is 13.1. The third-order valence-corrected chi connectivity index (χ3v) is 3.35. The summed E-state index contributed by atoms with van der Waals surface area (Å²) >= 11 is 5.85. The Morgan fingerprint density at radius 1 is 1.17 bits per heavy atom. The number of hydrogen-bond acceptors (Lipinski definition) is 1. The summed E-state index contributed by atoms with van der Waals surface area (Å²) in [5, 5.41) is 3.61. The van der Waals surface area contributed by atoms with Gasteiger partial charge >= 0.3 is 0 Å². The lowest BCUT2D eigenvalue weighted by molar-refractivity contribution is 0.630. The van der Waals surface area contributed by atoms with Crippen LogP contribution in [-0.4, -0.2) is 0 Å². The van der Waals surface area contributed by atoms with Gasteiger partial charge in [-0.05, 0) is 48.7 Å². The van der Waals surface area contributed by atoms with Crippen LogP contribution in [-0.2, 0) is 6.54 Å². The smallest absolute Gasteiger partial charge is 0.146 e. The number of anilines is 1. The van der Waals surface area contributed by atoms with Crippen molar-refractivity contribution >= 4 is 17.3 Å². The number of aryl methyl sites for hydroxylation is 1. The first-order valence-electron chi connectivity index (χ1n) is 5.82. The largest absolute Gasteiger partial charge is 0.379 e. The van der Waals surface area contributed by atoms with Crippen LogP contribution in [0.5, 0.6) is 0 Å². The lowest BCUT2D eigenvalue weighted by atomic mass is 10.0. The van der Waals surface area contributed by atoms with Crippen LogP contribution in [0, 0.1) is 19.7 Å². The third kappa shape index (κ3) is 2.82. The average molecular weight is 264 g/mol. The van der Waals surface area contributed by atoms with Crippen molar-refractivity contribution < 1.29 is 4.39 Å². The summed E-state index contributed by atoms with van der Waals surface area (Å²) in [6.07, 6.45) is 0. The predicted molar refractivity (Wildman–Crippen MR) is 74.7 cm³/mol. The monoisotopic (exact) mass is 263 g/mol. The quantitative estimate of drug-likeness (QED) is 0.846. The van der Waals surface area contributed by atoms with Crippen molar-refractivity contribution in [3.8, 4) is 0 Å². The molecule has 1 nitrogen and oxygen atoms in total. The maximum atomic E-state index is 13.5. The number of nitrogens with one attached hydrogen (secondary N) is 1. The van der Waals surface area contributed by atoms with Gasteiger partial charge in [0, 0.05) is 11.6 Å². The fourth-order valence-electron chi connectivity index (χ4n) is 1.83. The molecule has 3 heteroatoms. The van der Waals surface area contributed by atoms with Crippen LogP contribution in [0.1, 0.15) is 16.7 Å². The molecule has 0 heterocycles. The van der Waals surface area contributed by atoms with Crippen LogP contribution in [0.3, 0.4) is 0 Å². The molecular formula is C15H15ClFN. The maximum Gasteiger partial charge on any atom is 0.146 e. The topological polar surface area (TPSA) is 12.0 Å². The van der Waals surface area contributed by atoms with Crippen molar-refractivity contribution in [2.45, 2.75) is 20.4 Å². The van der Waals surface area contributed by atoms with Crippen LogP contribution < -0.4 is 5.32 Å². The molecule has 0 saturated heterocycles. The van der Waals surface area contributed by atoms with Crippen LogP contribution in [0.15, 0.2) is 36.4 Å². The van der Waals surface area contributed by atoms with Crippen LogP contribution in [0.2, 0.25) is 5.02 Å². The Bertz CT molecular complexity index is 564. The number of rotatable bonds is 3. The summed E-state index contributed by atoms with van der Waals surface area (Å²) in [5.74, 6) is -0.287. The van der Waals surface area contributed by atoms with Gasteiger partial charge in [-0.15, -0.1) is 0 Å². The van der Waals surface area contributed by atoms with E-state index in [4.69, 9.17) is 11.6 Å². The Balaban J connectivity index is 2.16. The second kappa shape index (κ2) is 5.40. The highest BCUT2D eigenvalue weighted by Gasteiger charge is 2.04. The van der Waals surface area contributed by atoms with Gasteiger partial charge < -0.3 is 5.32 Å². The van der Waals surface area contributed by atoms with Crippen molar-refractivity contribution in [3.63, 3.8) is 0 Å². The molecule has 0 bridgehead atoms. The molecule has 1 N–H and O–H groups in total. The molecule has 0 amide bonds. The van der Waals surface area contributed by atoms with Crippen molar-refractivity contribution in [3.05, 3.63) is 63.9 Å². The minimum atomic E-state index is -0.287. The molecule has 0 radical (unpaired) electrons. The van der Waals surface area contributed by atoms with Crippen molar-refractivity contribution in [2.75, 3.05) is 5.32 Å². The third-order valence-electron chi connectivity index (χ3n) is 3.11. The summed E-state index contributed by atoms with van der Waals surface area (Å²) < 4.78 is 13.5. The Morgan fingerprint density at radius 3 is 2.72 bits per heavy atom. The number of halogens is 2.